The molecule has 1 saturated heterocycles. The van der Waals surface area contributed by atoms with E-state index in [-0.39, 0.29) is 12.1 Å². The molecule has 1 aliphatic rings. The molecule has 1 aromatic rings. The molecule has 0 spiro atoms. The van der Waals surface area contributed by atoms with Gasteiger partial charge in [-0.15, -0.1) is 0 Å². The van der Waals surface area contributed by atoms with E-state index in [0.29, 0.717) is 24.7 Å². The summed E-state index contributed by atoms with van der Waals surface area (Å²) in [4.78, 5) is 18.3. The van der Waals surface area contributed by atoms with Gasteiger partial charge in [0, 0.05) is 32.0 Å². The van der Waals surface area contributed by atoms with Crippen molar-refractivity contribution in [2.75, 3.05) is 32.8 Å². The summed E-state index contributed by atoms with van der Waals surface area (Å²) in [5.41, 5.74) is 1.44. The van der Waals surface area contributed by atoms with E-state index in [2.05, 4.69) is 23.7 Å². The minimum absolute atomic E-state index is 0.0424. The molecule has 0 amide bonds. The number of hydrogen-bond donors (Lipinski definition) is 0. The maximum atomic E-state index is 12.0. The molecule has 1 atom stereocenters. The van der Waals surface area contributed by atoms with Crippen LogP contribution in [0.1, 0.15) is 29.8 Å². The summed E-state index contributed by atoms with van der Waals surface area (Å²) in [6, 6.07) is 1.78. The molecule has 2 heterocycles. The van der Waals surface area contributed by atoms with E-state index >= 15 is 0 Å². The van der Waals surface area contributed by atoms with E-state index in [1.165, 1.54) is 6.20 Å². The molecule has 116 valence electrons. The number of esters is 1. The van der Waals surface area contributed by atoms with E-state index < -0.39 is 0 Å². The predicted octanol–water partition coefficient (Wildman–Crippen LogP) is 1.90. The normalized spacial score (nSPS) is 19.7. The Labute approximate surface area is 126 Å². The molecule has 1 fully saturated rings. The summed E-state index contributed by atoms with van der Waals surface area (Å²) in [5, 5.41) is 0. The third-order valence-electron chi connectivity index (χ3n) is 3.36. The molecule has 1 aromatic heterocycles. The van der Waals surface area contributed by atoms with Crippen LogP contribution in [0.25, 0.3) is 0 Å². The fourth-order valence-corrected chi connectivity index (χ4v) is 2.48. The van der Waals surface area contributed by atoms with Crippen LogP contribution >= 0.6 is 0 Å². The largest absolute Gasteiger partial charge is 0.459 e. The number of ether oxygens (including phenoxy) is 2. The van der Waals surface area contributed by atoms with E-state index in [1.807, 2.05) is 6.92 Å². The van der Waals surface area contributed by atoms with Crippen molar-refractivity contribution in [1.82, 2.24) is 9.88 Å². The van der Waals surface area contributed by atoms with Gasteiger partial charge in [0.25, 0.3) is 0 Å². The van der Waals surface area contributed by atoms with Gasteiger partial charge in [0.2, 0.25) is 0 Å². The molecule has 0 unspecified atom stereocenters. The number of carbonyl (C=O) groups is 1. The van der Waals surface area contributed by atoms with Crippen molar-refractivity contribution in [3.05, 3.63) is 29.6 Å². The first-order valence-corrected chi connectivity index (χ1v) is 7.47. The van der Waals surface area contributed by atoms with Crippen molar-refractivity contribution in [2.24, 2.45) is 5.92 Å². The SMILES string of the molecule is Cc1cncc(C(=O)OC[C@H]2CN(CC(C)C)CCO2)c1. The number of aromatic nitrogens is 1. The fraction of sp³-hybridized carbons (Fsp3) is 0.625. The summed E-state index contributed by atoms with van der Waals surface area (Å²) < 4.78 is 11.0. The Bertz CT molecular complexity index is 476. The number of carbonyl (C=O) groups excluding carboxylic acids is 1. The summed E-state index contributed by atoms with van der Waals surface area (Å²) in [6.07, 6.45) is 3.20. The van der Waals surface area contributed by atoms with Gasteiger partial charge in [0.1, 0.15) is 12.7 Å². The monoisotopic (exact) mass is 292 g/mol. The highest BCUT2D eigenvalue weighted by Gasteiger charge is 2.22. The summed E-state index contributed by atoms with van der Waals surface area (Å²) >= 11 is 0. The molecule has 0 saturated carbocycles. The van der Waals surface area contributed by atoms with E-state index in [9.17, 15) is 4.79 Å². The Balaban J connectivity index is 1.81. The zero-order valence-electron chi connectivity index (χ0n) is 13.0. The molecule has 2 rings (SSSR count). The lowest BCUT2D eigenvalue weighted by molar-refractivity contribution is -0.0612. The summed E-state index contributed by atoms with van der Waals surface area (Å²) in [6.45, 7) is 10.1. The standard InChI is InChI=1S/C16H24N2O3/c1-12(2)9-18-4-5-20-15(10-18)11-21-16(19)14-6-13(3)7-17-8-14/h6-8,12,15H,4-5,9-11H2,1-3H3/t15-/m1/s1. The average Bonchev–Trinajstić information content (AvgIpc) is 2.44. The average molecular weight is 292 g/mol. The van der Waals surface area contributed by atoms with Crippen LogP contribution in [0.4, 0.5) is 0 Å². The lowest BCUT2D eigenvalue weighted by Crippen LogP contribution is -2.45. The molecule has 0 radical (unpaired) electrons. The molecular weight excluding hydrogens is 268 g/mol. The van der Waals surface area contributed by atoms with Crippen molar-refractivity contribution in [3.8, 4) is 0 Å². The van der Waals surface area contributed by atoms with Crippen LogP contribution in [-0.4, -0.2) is 54.8 Å². The van der Waals surface area contributed by atoms with Crippen LogP contribution in [0.3, 0.4) is 0 Å². The summed E-state index contributed by atoms with van der Waals surface area (Å²) in [5.74, 6) is 0.292. The van der Waals surface area contributed by atoms with E-state index in [0.717, 1.165) is 25.2 Å². The lowest BCUT2D eigenvalue weighted by Gasteiger charge is -2.33. The second-order valence-corrected chi connectivity index (χ2v) is 6.00. The van der Waals surface area contributed by atoms with Gasteiger partial charge in [-0.3, -0.25) is 9.88 Å². The Morgan fingerprint density at radius 2 is 2.33 bits per heavy atom. The van der Waals surface area contributed by atoms with Crippen LogP contribution in [0.2, 0.25) is 0 Å². The van der Waals surface area contributed by atoms with Gasteiger partial charge in [0.15, 0.2) is 0 Å². The first kappa shape index (κ1) is 15.9. The highest BCUT2D eigenvalue weighted by molar-refractivity contribution is 5.89. The molecule has 5 heteroatoms. The smallest absolute Gasteiger partial charge is 0.339 e. The quantitative estimate of drug-likeness (QED) is 0.776. The van der Waals surface area contributed by atoms with Gasteiger partial charge in [-0.1, -0.05) is 13.8 Å². The minimum atomic E-state index is -0.337. The Kier molecular flexibility index (Phi) is 5.70. The number of pyridine rings is 1. The first-order valence-electron chi connectivity index (χ1n) is 7.47. The predicted molar refractivity (Wildman–Crippen MR) is 80.3 cm³/mol. The maximum absolute atomic E-state index is 12.0. The molecule has 0 aliphatic carbocycles. The Hall–Kier alpha value is -1.46. The van der Waals surface area contributed by atoms with Gasteiger partial charge in [-0.2, -0.15) is 0 Å². The van der Waals surface area contributed by atoms with Crippen molar-refractivity contribution in [2.45, 2.75) is 26.9 Å². The zero-order chi connectivity index (χ0) is 15.2. The van der Waals surface area contributed by atoms with Crippen LogP contribution in [0.15, 0.2) is 18.5 Å². The van der Waals surface area contributed by atoms with Crippen molar-refractivity contribution in [3.63, 3.8) is 0 Å². The molecule has 0 N–H and O–H groups in total. The van der Waals surface area contributed by atoms with E-state index in [1.54, 1.807) is 12.3 Å². The molecule has 0 aromatic carbocycles. The second kappa shape index (κ2) is 7.52. The first-order chi connectivity index (χ1) is 10.0. The van der Waals surface area contributed by atoms with E-state index in [4.69, 9.17) is 9.47 Å². The van der Waals surface area contributed by atoms with Crippen LogP contribution in [0.5, 0.6) is 0 Å². The van der Waals surface area contributed by atoms with Crippen molar-refractivity contribution >= 4 is 5.97 Å². The maximum Gasteiger partial charge on any atom is 0.339 e. The van der Waals surface area contributed by atoms with Crippen LogP contribution in [-0.2, 0) is 9.47 Å². The second-order valence-electron chi connectivity index (χ2n) is 6.00. The van der Waals surface area contributed by atoms with Crippen LogP contribution in [0, 0.1) is 12.8 Å². The number of rotatable bonds is 5. The highest BCUT2D eigenvalue weighted by Crippen LogP contribution is 2.10. The third-order valence-corrected chi connectivity index (χ3v) is 3.36. The molecule has 21 heavy (non-hydrogen) atoms. The number of nitrogens with zero attached hydrogens (tertiary/aromatic N) is 2. The molecule has 1 aliphatic heterocycles. The van der Waals surface area contributed by atoms with Gasteiger partial charge < -0.3 is 9.47 Å². The molecular formula is C16H24N2O3. The highest BCUT2D eigenvalue weighted by atomic mass is 16.6. The summed E-state index contributed by atoms with van der Waals surface area (Å²) in [7, 11) is 0. The van der Waals surface area contributed by atoms with Crippen molar-refractivity contribution in [1.29, 1.82) is 0 Å². The fourth-order valence-electron chi connectivity index (χ4n) is 2.48. The van der Waals surface area contributed by atoms with Crippen LogP contribution < -0.4 is 0 Å². The van der Waals surface area contributed by atoms with Gasteiger partial charge in [-0.05, 0) is 24.5 Å². The topological polar surface area (TPSA) is 51.7 Å². The zero-order valence-corrected chi connectivity index (χ0v) is 13.0. The number of hydrogen-bond acceptors (Lipinski definition) is 5. The van der Waals surface area contributed by atoms with Gasteiger partial charge >= 0.3 is 5.97 Å². The third kappa shape index (κ3) is 5.10. The lowest BCUT2D eigenvalue weighted by atomic mass is 10.2. The Morgan fingerprint density at radius 3 is 3.05 bits per heavy atom. The minimum Gasteiger partial charge on any atom is -0.459 e. The van der Waals surface area contributed by atoms with Gasteiger partial charge in [0.05, 0.1) is 12.2 Å². The Morgan fingerprint density at radius 1 is 1.52 bits per heavy atom. The van der Waals surface area contributed by atoms with Crippen molar-refractivity contribution < 1.29 is 14.3 Å². The molecule has 5 nitrogen and oxygen atoms in total. The number of aryl methyl sites for hydroxylation is 1. The number of morpholine rings is 1. The molecule has 0 bridgehead atoms. The van der Waals surface area contributed by atoms with Gasteiger partial charge in [-0.25, -0.2) is 4.79 Å².